The number of carbonyl (C=O) groups excluding carboxylic acids is 1. The number of primary amides is 1. The lowest BCUT2D eigenvalue weighted by atomic mass is 9.98. The standard InChI is InChI=1S/C7H12F3NO/c1-2-3-4(7(11)12)5(8)6(9)10/h4-6H,2-3H2,1H3,(H2,11,12). The zero-order valence-corrected chi connectivity index (χ0v) is 6.77. The average molecular weight is 183 g/mol. The largest absolute Gasteiger partial charge is 0.369 e. The molecular formula is C7H12F3NO. The molecule has 0 saturated carbocycles. The van der Waals surface area contributed by atoms with E-state index in [0.29, 0.717) is 6.42 Å². The Labute approximate surface area is 68.9 Å². The van der Waals surface area contributed by atoms with Gasteiger partial charge in [0.25, 0.3) is 6.43 Å². The van der Waals surface area contributed by atoms with Crippen LogP contribution in [-0.4, -0.2) is 18.5 Å². The van der Waals surface area contributed by atoms with Crippen LogP contribution in [0.2, 0.25) is 0 Å². The molecule has 0 heterocycles. The summed E-state index contributed by atoms with van der Waals surface area (Å²) in [4.78, 5) is 10.5. The minimum Gasteiger partial charge on any atom is -0.369 e. The molecule has 0 aromatic carbocycles. The third kappa shape index (κ3) is 3.11. The van der Waals surface area contributed by atoms with Gasteiger partial charge in [0.15, 0.2) is 6.17 Å². The molecule has 0 aliphatic heterocycles. The average Bonchev–Trinajstić information content (AvgIpc) is 1.98. The molecule has 5 heteroatoms. The van der Waals surface area contributed by atoms with E-state index in [1.165, 1.54) is 0 Å². The SMILES string of the molecule is CCCC(C(N)=O)C(F)C(F)F. The van der Waals surface area contributed by atoms with Crippen LogP contribution in [0, 0.1) is 5.92 Å². The lowest BCUT2D eigenvalue weighted by Gasteiger charge is -2.15. The maximum absolute atomic E-state index is 12.6. The highest BCUT2D eigenvalue weighted by Crippen LogP contribution is 2.20. The van der Waals surface area contributed by atoms with Crippen LogP contribution < -0.4 is 5.73 Å². The molecule has 2 N–H and O–H groups in total. The molecule has 0 bridgehead atoms. The van der Waals surface area contributed by atoms with E-state index in [2.05, 4.69) is 0 Å². The summed E-state index contributed by atoms with van der Waals surface area (Å²) in [7, 11) is 0. The summed E-state index contributed by atoms with van der Waals surface area (Å²) in [6, 6.07) is 0. The molecule has 0 aliphatic rings. The summed E-state index contributed by atoms with van der Waals surface area (Å²) in [5.41, 5.74) is 4.75. The third-order valence-corrected chi connectivity index (χ3v) is 1.59. The van der Waals surface area contributed by atoms with Crippen molar-refractivity contribution in [1.29, 1.82) is 0 Å². The fraction of sp³-hybridized carbons (Fsp3) is 0.857. The van der Waals surface area contributed by atoms with Crippen molar-refractivity contribution in [2.75, 3.05) is 0 Å². The van der Waals surface area contributed by atoms with Crippen molar-refractivity contribution < 1.29 is 18.0 Å². The molecule has 12 heavy (non-hydrogen) atoms. The minimum atomic E-state index is -3.13. The van der Waals surface area contributed by atoms with Crippen molar-refractivity contribution in [3.05, 3.63) is 0 Å². The fourth-order valence-corrected chi connectivity index (χ4v) is 0.945. The molecule has 0 aromatic rings. The zero-order chi connectivity index (χ0) is 9.72. The Morgan fingerprint density at radius 3 is 2.17 bits per heavy atom. The second-order valence-electron chi connectivity index (χ2n) is 2.58. The number of nitrogens with two attached hydrogens (primary N) is 1. The van der Waals surface area contributed by atoms with E-state index in [1.54, 1.807) is 6.92 Å². The van der Waals surface area contributed by atoms with E-state index < -0.39 is 24.4 Å². The molecule has 1 amide bonds. The number of halogens is 3. The second-order valence-corrected chi connectivity index (χ2v) is 2.58. The fourth-order valence-electron chi connectivity index (χ4n) is 0.945. The smallest absolute Gasteiger partial charge is 0.270 e. The highest BCUT2D eigenvalue weighted by molar-refractivity contribution is 5.77. The molecule has 0 radical (unpaired) electrons. The summed E-state index contributed by atoms with van der Waals surface area (Å²) in [5.74, 6) is -2.35. The number of rotatable bonds is 5. The van der Waals surface area contributed by atoms with Gasteiger partial charge in [0.1, 0.15) is 0 Å². The van der Waals surface area contributed by atoms with Crippen molar-refractivity contribution in [2.24, 2.45) is 11.7 Å². The first-order valence-electron chi connectivity index (χ1n) is 3.72. The number of hydrogen-bond donors (Lipinski definition) is 1. The Kier molecular flexibility index (Phi) is 4.70. The van der Waals surface area contributed by atoms with Crippen molar-refractivity contribution in [1.82, 2.24) is 0 Å². The highest BCUT2D eigenvalue weighted by Gasteiger charge is 2.32. The van der Waals surface area contributed by atoms with Gasteiger partial charge in [-0.25, -0.2) is 13.2 Å². The van der Waals surface area contributed by atoms with Gasteiger partial charge in [0, 0.05) is 0 Å². The molecule has 0 spiro atoms. The van der Waals surface area contributed by atoms with Gasteiger partial charge >= 0.3 is 0 Å². The molecule has 2 nitrogen and oxygen atoms in total. The molecular weight excluding hydrogens is 171 g/mol. The first-order valence-corrected chi connectivity index (χ1v) is 3.72. The molecule has 0 aliphatic carbocycles. The first kappa shape index (κ1) is 11.3. The summed E-state index contributed by atoms with van der Waals surface area (Å²) in [6.07, 6.45) is -5.03. The quantitative estimate of drug-likeness (QED) is 0.689. The van der Waals surface area contributed by atoms with E-state index >= 15 is 0 Å². The van der Waals surface area contributed by atoms with E-state index in [9.17, 15) is 18.0 Å². The van der Waals surface area contributed by atoms with Crippen LogP contribution in [0.3, 0.4) is 0 Å². The van der Waals surface area contributed by atoms with Gasteiger partial charge in [-0.2, -0.15) is 0 Å². The third-order valence-electron chi connectivity index (χ3n) is 1.59. The van der Waals surface area contributed by atoms with Gasteiger partial charge in [-0.1, -0.05) is 13.3 Å². The number of carbonyl (C=O) groups is 1. The van der Waals surface area contributed by atoms with E-state index in [0.717, 1.165) is 0 Å². The number of amides is 1. The highest BCUT2D eigenvalue weighted by atomic mass is 19.3. The van der Waals surface area contributed by atoms with Crippen LogP contribution in [0.4, 0.5) is 13.2 Å². The van der Waals surface area contributed by atoms with E-state index in [1.807, 2.05) is 0 Å². The number of hydrogen-bond acceptors (Lipinski definition) is 1. The molecule has 0 aromatic heterocycles. The molecule has 0 rings (SSSR count). The molecule has 2 atom stereocenters. The lowest BCUT2D eigenvalue weighted by molar-refractivity contribution is -0.127. The van der Waals surface area contributed by atoms with Crippen molar-refractivity contribution in [2.45, 2.75) is 32.4 Å². The van der Waals surface area contributed by atoms with Crippen LogP contribution in [0.5, 0.6) is 0 Å². The van der Waals surface area contributed by atoms with Gasteiger partial charge in [0.05, 0.1) is 5.92 Å². The lowest BCUT2D eigenvalue weighted by Crippen LogP contribution is -2.35. The summed E-state index contributed by atoms with van der Waals surface area (Å²) in [6.45, 7) is 1.67. The van der Waals surface area contributed by atoms with E-state index in [-0.39, 0.29) is 6.42 Å². The molecule has 0 fully saturated rings. The van der Waals surface area contributed by atoms with Crippen LogP contribution in [0.25, 0.3) is 0 Å². The predicted octanol–water partition coefficient (Wildman–Crippen LogP) is 1.49. The van der Waals surface area contributed by atoms with Gasteiger partial charge in [-0.3, -0.25) is 4.79 Å². The maximum Gasteiger partial charge on any atom is 0.270 e. The van der Waals surface area contributed by atoms with Crippen molar-refractivity contribution >= 4 is 5.91 Å². The van der Waals surface area contributed by atoms with Crippen molar-refractivity contribution in [3.63, 3.8) is 0 Å². The van der Waals surface area contributed by atoms with Gasteiger partial charge in [0.2, 0.25) is 5.91 Å². The predicted molar refractivity (Wildman–Crippen MR) is 38.5 cm³/mol. The van der Waals surface area contributed by atoms with Gasteiger partial charge in [-0.15, -0.1) is 0 Å². The van der Waals surface area contributed by atoms with Crippen LogP contribution in [0.1, 0.15) is 19.8 Å². The summed E-state index contributed by atoms with van der Waals surface area (Å²) in [5, 5.41) is 0. The van der Waals surface area contributed by atoms with Gasteiger partial charge < -0.3 is 5.73 Å². The van der Waals surface area contributed by atoms with Gasteiger partial charge in [-0.05, 0) is 6.42 Å². The Balaban J connectivity index is 4.18. The Morgan fingerprint density at radius 2 is 1.92 bits per heavy atom. The Hall–Kier alpha value is -0.740. The number of alkyl halides is 3. The minimum absolute atomic E-state index is 0.0703. The maximum atomic E-state index is 12.6. The Bertz CT molecular complexity index is 152. The topological polar surface area (TPSA) is 43.1 Å². The van der Waals surface area contributed by atoms with Crippen molar-refractivity contribution in [3.8, 4) is 0 Å². The first-order chi connectivity index (χ1) is 5.50. The van der Waals surface area contributed by atoms with Crippen LogP contribution >= 0.6 is 0 Å². The molecule has 72 valence electrons. The molecule has 2 unspecified atom stereocenters. The molecule has 0 saturated heterocycles. The zero-order valence-electron chi connectivity index (χ0n) is 6.77. The normalized spacial score (nSPS) is 16.1. The van der Waals surface area contributed by atoms with Crippen LogP contribution in [0.15, 0.2) is 0 Å². The Morgan fingerprint density at radius 1 is 1.42 bits per heavy atom. The monoisotopic (exact) mass is 183 g/mol. The summed E-state index contributed by atoms with van der Waals surface area (Å²) >= 11 is 0. The van der Waals surface area contributed by atoms with E-state index in [4.69, 9.17) is 5.73 Å². The second kappa shape index (κ2) is 5.00. The van der Waals surface area contributed by atoms with Crippen LogP contribution in [-0.2, 0) is 4.79 Å². The summed E-state index contributed by atoms with van der Waals surface area (Å²) < 4.78 is 36.1.